The predicted molar refractivity (Wildman–Crippen MR) is 76.2 cm³/mol. The molecule has 2 atom stereocenters. The normalized spacial score (nSPS) is 21.6. The Labute approximate surface area is 113 Å². The van der Waals surface area contributed by atoms with Crippen LogP contribution in [0.15, 0.2) is 24.3 Å². The van der Waals surface area contributed by atoms with E-state index in [0.717, 1.165) is 42.5 Å². The summed E-state index contributed by atoms with van der Waals surface area (Å²) in [6.45, 7) is 3.66. The van der Waals surface area contributed by atoms with Gasteiger partial charge in [0.15, 0.2) is 0 Å². The molecule has 2 N–H and O–H groups in total. The molecule has 3 nitrogen and oxygen atoms in total. The molecule has 0 amide bonds. The molecule has 2 rings (SSSR count). The fourth-order valence-electron chi connectivity index (χ4n) is 1.93. The fraction of sp³-hybridized carbons (Fsp3) is 0.571. The molecule has 1 aliphatic rings. The third kappa shape index (κ3) is 3.64. The van der Waals surface area contributed by atoms with Gasteiger partial charge in [0, 0.05) is 11.5 Å². The highest BCUT2D eigenvalue weighted by molar-refractivity contribution is 7.99. The van der Waals surface area contributed by atoms with E-state index in [0.29, 0.717) is 0 Å². The van der Waals surface area contributed by atoms with Crippen LogP contribution < -0.4 is 10.5 Å². The van der Waals surface area contributed by atoms with Crippen LogP contribution in [-0.4, -0.2) is 30.8 Å². The number of hydrogen-bond acceptors (Lipinski definition) is 4. The molecular formula is C14H21NO2S. The maximum Gasteiger partial charge on any atom is 0.119 e. The van der Waals surface area contributed by atoms with Crippen molar-refractivity contribution in [1.82, 2.24) is 0 Å². The van der Waals surface area contributed by atoms with Gasteiger partial charge in [-0.05, 0) is 24.1 Å². The molecule has 1 aromatic rings. The minimum Gasteiger partial charge on any atom is -0.494 e. The first-order valence-electron chi connectivity index (χ1n) is 6.49. The highest BCUT2D eigenvalue weighted by Crippen LogP contribution is 2.25. The molecule has 0 spiro atoms. The molecule has 0 aliphatic carbocycles. The number of ether oxygens (including phenoxy) is 2. The Morgan fingerprint density at radius 2 is 2.22 bits per heavy atom. The van der Waals surface area contributed by atoms with Gasteiger partial charge < -0.3 is 15.2 Å². The lowest BCUT2D eigenvalue weighted by molar-refractivity contribution is 0.0569. The summed E-state index contributed by atoms with van der Waals surface area (Å²) in [6, 6.07) is 8.01. The fourth-order valence-corrected chi connectivity index (χ4v) is 2.85. The van der Waals surface area contributed by atoms with Gasteiger partial charge in [-0.3, -0.25) is 0 Å². The van der Waals surface area contributed by atoms with E-state index >= 15 is 0 Å². The molecule has 1 heterocycles. The average molecular weight is 267 g/mol. The van der Waals surface area contributed by atoms with Gasteiger partial charge in [0.1, 0.15) is 5.75 Å². The van der Waals surface area contributed by atoms with Crippen molar-refractivity contribution in [3.05, 3.63) is 29.8 Å². The van der Waals surface area contributed by atoms with Crippen LogP contribution in [0.25, 0.3) is 0 Å². The zero-order valence-corrected chi connectivity index (χ0v) is 11.6. The summed E-state index contributed by atoms with van der Waals surface area (Å²) in [5.74, 6) is 2.97. The molecule has 1 aliphatic heterocycles. The Hall–Kier alpha value is -0.710. The molecule has 0 bridgehead atoms. The highest BCUT2D eigenvalue weighted by Gasteiger charge is 2.22. The van der Waals surface area contributed by atoms with E-state index in [1.54, 1.807) is 0 Å². The van der Waals surface area contributed by atoms with Gasteiger partial charge in [0.25, 0.3) is 0 Å². The average Bonchev–Trinajstić information content (AvgIpc) is 2.46. The van der Waals surface area contributed by atoms with Crippen molar-refractivity contribution in [3.8, 4) is 5.75 Å². The van der Waals surface area contributed by atoms with Crippen LogP contribution in [0.4, 0.5) is 0 Å². The summed E-state index contributed by atoms with van der Waals surface area (Å²) in [7, 11) is 0. The van der Waals surface area contributed by atoms with Crippen molar-refractivity contribution < 1.29 is 9.47 Å². The molecule has 2 unspecified atom stereocenters. The smallest absolute Gasteiger partial charge is 0.119 e. The van der Waals surface area contributed by atoms with E-state index in [2.05, 4.69) is 6.92 Å². The van der Waals surface area contributed by atoms with Crippen LogP contribution in [0.2, 0.25) is 0 Å². The van der Waals surface area contributed by atoms with Gasteiger partial charge in [-0.15, -0.1) is 0 Å². The molecule has 0 radical (unpaired) electrons. The van der Waals surface area contributed by atoms with E-state index in [4.69, 9.17) is 15.2 Å². The minimum absolute atomic E-state index is 0.0435. The van der Waals surface area contributed by atoms with Gasteiger partial charge in [-0.1, -0.05) is 19.1 Å². The standard InChI is InChI=1S/C14H21NO2S/c1-2-7-16-12-5-3-11(4-6-12)14(15)13-10-18-9-8-17-13/h3-6,13-14H,2,7-10,15H2,1H3. The third-order valence-corrected chi connectivity index (χ3v) is 4.00. The molecule has 1 saturated heterocycles. The monoisotopic (exact) mass is 267 g/mol. The molecule has 100 valence electrons. The van der Waals surface area contributed by atoms with Crippen LogP contribution in [0.5, 0.6) is 5.75 Å². The summed E-state index contributed by atoms with van der Waals surface area (Å²) in [6.07, 6.45) is 1.15. The molecule has 0 saturated carbocycles. The van der Waals surface area contributed by atoms with E-state index in [1.165, 1.54) is 0 Å². The Kier molecular flexibility index (Phi) is 5.35. The second kappa shape index (κ2) is 7.02. The molecule has 1 fully saturated rings. The van der Waals surface area contributed by atoms with Crippen molar-refractivity contribution >= 4 is 11.8 Å². The van der Waals surface area contributed by atoms with E-state index in [9.17, 15) is 0 Å². The molecular weight excluding hydrogens is 246 g/mol. The van der Waals surface area contributed by atoms with Gasteiger partial charge in [0.05, 0.1) is 25.4 Å². The topological polar surface area (TPSA) is 44.5 Å². The van der Waals surface area contributed by atoms with Crippen LogP contribution in [0, 0.1) is 0 Å². The summed E-state index contributed by atoms with van der Waals surface area (Å²) in [5, 5.41) is 0. The van der Waals surface area contributed by atoms with Gasteiger partial charge in [0.2, 0.25) is 0 Å². The Morgan fingerprint density at radius 1 is 1.44 bits per heavy atom. The van der Waals surface area contributed by atoms with E-state index in [-0.39, 0.29) is 12.1 Å². The lowest BCUT2D eigenvalue weighted by Crippen LogP contribution is -2.34. The highest BCUT2D eigenvalue weighted by atomic mass is 32.2. The van der Waals surface area contributed by atoms with Crippen molar-refractivity contribution in [2.24, 2.45) is 5.73 Å². The summed E-state index contributed by atoms with van der Waals surface area (Å²) < 4.78 is 11.3. The van der Waals surface area contributed by atoms with Gasteiger partial charge in [-0.25, -0.2) is 0 Å². The number of rotatable bonds is 5. The third-order valence-electron chi connectivity index (χ3n) is 2.98. The summed E-state index contributed by atoms with van der Waals surface area (Å²) in [5.41, 5.74) is 7.36. The molecule has 18 heavy (non-hydrogen) atoms. The second-order valence-corrected chi connectivity index (χ2v) is 5.58. The van der Waals surface area contributed by atoms with Crippen LogP contribution in [0.3, 0.4) is 0 Å². The Bertz CT molecular complexity index is 349. The molecule has 0 aromatic heterocycles. The zero-order valence-electron chi connectivity index (χ0n) is 10.8. The van der Waals surface area contributed by atoms with Crippen molar-refractivity contribution in [2.75, 3.05) is 24.7 Å². The SMILES string of the molecule is CCCOc1ccc(C(N)C2CSCCO2)cc1. The first kappa shape index (κ1) is 13.7. The Morgan fingerprint density at radius 3 is 2.83 bits per heavy atom. The van der Waals surface area contributed by atoms with Crippen molar-refractivity contribution in [3.63, 3.8) is 0 Å². The predicted octanol–water partition coefficient (Wildman–Crippen LogP) is 2.61. The van der Waals surface area contributed by atoms with Gasteiger partial charge >= 0.3 is 0 Å². The number of hydrogen-bond donors (Lipinski definition) is 1. The Balaban J connectivity index is 1.95. The van der Waals surface area contributed by atoms with Crippen molar-refractivity contribution in [2.45, 2.75) is 25.5 Å². The largest absolute Gasteiger partial charge is 0.494 e. The second-order valence-electron chi connectivity index (χ2n) is 4.43. The quantitative estimate of drug-likeness (QED) is 0.890. The maximum atomic E-state index is 6.24. The first-order valence-corrected chi connectivity index (χ1v) is 7.64. The van der Waals surface area contributed by atoms with Gasteiger partial charge in [-0.2, -0.15) is 11.8 Å². The van der Waals surface area contributed by atoms with Crippen LogP contribution in [-0.2, 0) is 4.74 Å². The number of nitrogens with two attached hydrogens (primary N) is 1. The molecule has 1 aromatic carbocycles. The van der Waals surface area contributed by atoms with E-state index < -0.39 is 0 Å². The van der Waals surface area contributed by atoms with E-state index in [1.807, 2.05) is 36.0 Å². The van der Waals surface area contributed by atoms with Crippen LogP contribution >= 0.6 is 11.8 Å². The lowest BCUT2D eigenvalue weighted by atomic mass is 10.0. The zero-order chi connectivity index (χ0) is 12.8. The summed E-state index contributed by atoms with van der Waals surface area (Å²) in [4.78, 5) is 0. The first-order chi connectivity index (χ1) is 8.81. The number of thioether (sulfide) groups is 1. The van der Waals surface area contributed by atoms with Crippen LogP contribution in [0.1, 0.15) is 24.9 Å². The molecule has 4 heteroatoms. The lowest BCUT2D eigenvalue weighted by Gasteiger charge is -2.27. The minimum atomic E-state index is -0.0435. The summed E-state index contributed by atoms with van der Waals surface area (Å²) >= 11 is 1.91. The van der Waals surface area contributed by atoms with Crippen molar-refractivity contribution in [1.29, 1.82) is 0 Å². The maximum absolute atomic E-state index is 6.24. The number of benzene rings is 1.